The first-order valence-corrected chi connectivity index (χ1v) is 6.41. The Labute approximate surface area is 103 Å². The quantitative estimate of drug-likeness (QED) is 0.935. The van der Waals surface area contributed by atoms with E-state index in [0.29, 0.717) is 5.69 Å². The summed E-state index contributed by atoms with van der Waals surface area (Å²) < 4.78 is 35.7. The average Bonchev–Trinajstić information content (AvgIpc) is 2.83. The topological polar surface area (TPSA) is 37.8 Å². The summed E-state index contributed by atoms with van der Waals surface area (Å²) in [6.07, 6.45) is -2.49. The van der Waals surface area contributed by atoms with Crippen LogP contribution >= 0.6 is 22.7 Å². The van der Waals surface area contributed by atoms with Crippen molar-refractivity contribution >= 4 is 22.7 Å². The van der Waals surface area contributed by atoms with Gasteiger partial charge in [0.25, 0.3) is 0 Å². The minimum absolute atomic E-state index is 0.120. The van der Waals surface area contributed by atoms with Crippen LogP contribution in [0.25, 0.3) is 9.88 Å². The zero-order valence-corrected chi connectivity index (χ0v) is 10.1. The van der Waals surface area contributed by atoms with Gasteiger partial charge in [-0.25, -0.2) is 4.98 Å². The second-order valence-corrected chi connectivity index (χ2v) is 4.97. The fourth-order valence-electron chi connectivity index (χ4n) is 1.16. The predicted octanol–water partition coefficient (Wildman–Crippen LogP) is 2.92. The van der Waals surface area contributed by atoms with Gasteiger partial charge in [-0.1, -0.05) is 0 Å². The number of thiazole rings is 2. The van der Waals surface area contributed by atoms with E-state index in [1.165, 1.54) is 22.7 Å². The van der Waals surface area contributed by atoms with Crippen LogP contribution in [-0.4, -0.2) is 22.7 Å². The molecule has 0 saturated carbocycles. The third kappa shape index (κ3) is 3.76. The minimum atomic E-state index is -4.18. The molecule has 92 valence electrons. The van der Waals surface area contributed by atoms with Crippen molar-refractivity contribution in [2.45, 2.75) is 12.7 Å². The Bertz CT molecular complexity index is 464. The summed E-state index contributed by atoms with van der Waals surface area (Å²) in [5, 5.41) is 4.84. The van der Waals surface area contributed by atoms with Crippen molar-refractivity contribution in [3.8, 4) is 9.88 Å². The Balaban J connectivity index is 1.91. The number of hydrogen-bond donors (Lipinski definition) is 1. The van der Waals surface area contributed by atoms with E-state index in [1.54, 1.807) is 17.1 Å². The molecular weight excluding hydrogens is 271 g/mol. The molecule has 2 aromatic heterocycles. The first-order chi connectivity index (χ1) is 8.04. The summed E-state index contributed by atoms with van der Waals surface area (Å²) in [6, 6.07) is 0. The minimum Gasteiger partial charge on any atom is -0.303 e. The van der Waals surface area contributed by atoms with Crippen LogP contribution in [0.5, 0.6) is 0 Å². The van der Waals surface area contributed by atoms with Crippen LogP contribution in [0.1, 0.15) is 5.69 Å². The molecule has 0 radical (unpaired) electrons. The standard InChI is InChI=1S/C9H8F3N3S2/c10-9(11,12)4-13-1-6-3-16-8(15-6)7-2-14-5-17-7/h2-3,5,13H,1,4H2. The summed E-state index contributed by atoms with van der Waals surface area (Å²) in [6.45, 7) is -0.880. The van der Waals surface area contributed by atoms with Crippen LogP contribution < -0.4 is 5.32 Å². The van der Waals surface area contributed by atoms with Gasteiger partial charge in [0.1, 0.15) is 5.01 Å². The molecule has 0 aliphatic heterocycles. The molecule has 0 aliphatic carbocycles. The van der Waals surface area contributed by atoms with Crippen molar-refractivity contribution < 1.29 is 13.2 Å². The van der Waals surface area contributed by atoms with E-state index in [-0.39, 0.29) is 6.54 Å². The smallest absolute Gasteiger partial charge is 0.303 e. The van der Waals surface area contributed by atoms with Crippen molar-refractivity contribution in [3.05, 3.63) is 22.8 Å². The first-order valence-electron chi connectivity index (χ1n) is 4.65. The van der Waals surface area contributed by atoms with Gasteiger partial charge in [0.05, 0.1) is 22.6 Å². The van der Waals surface area contributed by atoms with E-state index in [9.17, 15) is 13.2 Å². The molecule has 0 unspecified atom stereocenters. The largest absolute Gasteiger partial charge is 0.401 e. The van der Waals surface area contributed by atoms with E-state index in [4.69, 9.17) is 0 Å². The Hall–Kier alpha value is -0.990. The molecule has 2 heterocycles. The molecule has 0 aromatic carbocycles. The van der Waals surface area contributed by atoms with E-state index < -0.39 is 12.7 Å². The van der Waals surface area contributed by atoms with Crippen molar-refractivity contribution in [2.24, 2.45) is 0 Å². The maximum absolute atomic E-state index is 11.9. The Morgan fingerprint density at radius 1 is 1.29 bits per heavy atom. The summed E-state index contributed by atoms with van der Waals surface area (Å²) in [5.41, 5.74) is 2.31. The van der Waals surface area contributed by atoms with Crippen molar-refractivity contribution in [1.29, 1.82) is 0 Å². The van der Waals surface area contributed by atoms with E-state index >= 15 is 0 Å². The fourth-order valence-corrected chi connectivity index (χ4v) is 2.67. The number of aromatic nitrogens is 2. The average molecular weight is 279 g/mol. The van der Waals surface area contributed by atoms with Gasteiger partial charge in [-0.15, -0.1) is 22.7 Å². The lowest BCUT2D eigenvalue weighted by Crippen LogP contribution is -2.28. The van der Waals surface area contributed by atoms with E-state index in [2.05, 4.69) is 15.3 Å². The molecule has 2 rings (SSSR count). The number of hydrogen-bond acceptors (Lipinski definition) is 5. The van der Waals surface area contributed by atoms with Crippen molar-refractivity contribution in [2.75, 3.05) is 6.54 Å². The highest BCUT2D eigenvalue weighted by Crippen LogP contribution is 2.26. The fraction of sp³-hybridized carbons (Fsp3) is 0.333. The third-order valence-corrected chi connectivity index (χ3v) is 3.66. The zero-order valence-electron chi connectivity index (χ0n) is 8.49. The third-order valence-electron chi connectivity index (χ3n) is 1.83. The normalized spacial score (nSPS) is 11.9. The lowest BCUT2D eigenvalue weighted by Gasteiger charge is -2.06. The highest BCUT2D eigenvalue weighted by Gasteiger charge is 2.26. The molecule has 0 spiro atoms. The lowest BCUT2D eigenvalue weighted by molar-refractivity contribution is -0.125. The van der Waals surface area contributed by atoms with Crippen molar-refractivity contribution in [3.63, 3.8) is 0 Å². The summed E-state index contributed by atoms with van der Waals surface area (Å²) in [7, 11) is 0. The Kier molecular flexibility index (Phi) is 3.75. The highest BCUT2D eigenvalue weighted by atomic mass is 32.1. The molecule has 0 amide bonds. The monoisotopic (exact) mass is 279 g/mol. The van der Waals surface area contributed by atoms with Crippen LogP contribution in [0.15, 0.2) is 17.1 Å². The molecule has 0 atom stereocenters. The Morgan fingerprint density at radius 3 is 2.76 bits per heavy atom. The number of rotatable bonds is 4. The van der Waals surface area contributed by atoms with Crippen molar-refractivity contribution in [1.82, 2.24) is 15.3 Å². The van der Waals surface area contributed by atoms with Gasteiger partial charge in [-0.2, -0.15) is 13.2 Å². The molecule has 3 nitrogen and oxygen atoms in total. The summed E-state index contributed by atoms with van der Waals surface area (Å²) in [5.74, 6) is 0. The van der Waals surface area contributed by atoms with Gasteiger partial charge in [0.2, 0.25) is 0 Å². The van der Waals surface area contributed by atoms with E-state index in [0.717, 1.165) is 9.88 Å². The molecule has 0 aliphatic rings. The SMILES string of the molecule is FC(F)(F)CNCc1csc(-c2cncs2)n1. The first kappa shape index (κ1) is 12.5. The second kappa shape index (κ2) is 5.11. The molecular formula is C9H8F3N3S2. The van der Waals surface area contributed by atoms with Gasteiger partial charge in [0, 0.05) is 18.1 Å². The van der Waals surface area contributed by atoms with Gasteiger partial charge in [-0.3, -0.25) is 4.98 Å². The summed E-state index contributed by atoms with van der Waals surface area (Å²) >= 11 is 2.86. The number of nitrogens with zero attached hydrogens (tertiary/aromatic N) is 2. The van der Waals surface area contributed by atoms with Gasteiger partial charge in [0.15, 0.2) is 0 Å². The molecule has 0 saturated heterocycles. The van der Waals surface area contributed by atoms with Gasteiger partial charge >= 0.3 is 6.18 Å². The maximum Gasteiger partial charge on any atom is 0.401 e. The second-order valence-electron chi connectivity index (χ2n) is 3.23. The highest BCUT2D eigenvalue weighted by molar-refractivity contribution is 7.19. The molecule has 8 heteroatoms. The molecule has 0 bridgehead atoms. The summed E-state index contributed by atoms with van der Waals surface area (Å²) in [4.78, 5) is 9.08. The van der Waals surface area contributed by atoms with Gasteiger partial charge < -0.3 is 5.32 Å². The molecule has 17 heavy (non-hydrogen) atoms. The van der Waals surface area contributed by atoms with Crippen LogP contribution in [0.4, 0.5) is 13.2 Å². The number of alkyl halides is 3. The van der Waals surface area contributed by atoms with Crippen LogP contribution in [0.3, 0.4) is 0 Å². The lowest BCUT2D eigenvalue weighted by atomic mass is 10.4. The van der Waals surface area contributed by atoms with Crippen LogP contribution in [0, 0.1) is 0 Å². The predicted molar refractivity (Wildman–Crippen MR) is 61.0 cm³/mol. The zero-order chi connectivity index (χ0) is 12.3. The maximum atomic E-state index is 11.9. The van der Waals surface area contributed by atoms with Gasteiger partial charge in [-0.05, 0) is 0 Å². The molecule has 1 N–H and O–H groups in total. The molecule has 0 fully saturated rings. The van der Waals surface area contributed by atoms with E-state index in [1.807, 2.05) is 0 Å². The van der Waals surface area contributed by atoms with Crippen LogP contribution in [0.2, 0.25) is 0 Å². The number of nitrogens with one attached hydrogen (secondary N) is 1. The Morgan fingerprint density at radius 2 is 2.12 bits per heavy atom. The van der Waals surface area contributed by atoms with Crippen LogP contribution in [-0.2, 0) is 6.54 Å². The molecule has 2 aromatic rings. The number of halogens is 3.